The maximum atomic E-state index is 13.6. The summed E-state index contributed by atoms with van der Waals surface area (Å²) in [6, 6.07) is 3.37. The molecule has 1 heterocycles. The van der Waals surface area contributed by atoms with E-state index in [2.05, 4.69) is 10.4 Å². The van der Waals surface area contributed by atoms with Crippen molar-refractivity contribution in [3.8, 4) is 0 Å². The van der Waals surface area contributed by atoms with Crippen molar-refractivity contribution >= 4 is 11.7 Å². The number of hydrogen-bond donors (Lipinski definition) is 2. The molecule has 0 spiro atoms. The van der Waals surface area contributed by atoms with Crippen molar-refractivity contribution in [3.05, 3.63) is 47.8 Å². The second kappa shape index (κ2) is 6.14. The molecule has 0 saturated heterocycles. The summed E-state index contributed by atoms with van der Waals surface area (Å²) in [6.07, 6.45) is 4.07. The molecule has 0 fully saturated rings. The van der Waals surface area contributed by atoms with E-state index in [0.29, 0.717) is 19.5 Å². The first-order chi connectivity index (χ1) is 9.58. The summed E-state index contributed by atoms with van der Waals surface area (Å²) in [5, 5.41) is 15.3. The van der Waals surface area contributed by atoms with Gasteiger partial charge in [0.1, 0.15) is 17.3 Å². The number of carbonyl (C=O) groups is 1. The van der Waals surface area contributed by atoms with Gasteiger partial charge in [0.05, 0.1) is 5.56 Å². The second-order valence-electron chi connectivity index (χ2n) is 4.17. The van der Waals surface area contributed by atoms with Crippen molar-refractivity contribution in [1.29, 1.82) is 0 Å². The Morgan fingerprint density at radius 3 is 2.60 bits per heavy atom. The van der Waals surface area contributed by atoms with Gasteiger partial charge in [0.15, 0.2) is 0 Å². The molecule has 2 N–H and O–H groups in total. The van der Waals surface area contributed by atoms with Crippen molar-refractivity contribution in [2.75, 3.05) is 11.9 Å². The predicted octanol–water partition coefficient (Wildman–Crippen LogP) is 2.36. The van der Waals surface area contributed by atoms with Gasteiger partial charge in [0.2, 0.25) is 0 Å². The van der Waals surface area contributed by atoms with E-state index in [1.807, 2.05) is 0 Å². The molecule has 0 bridgehead atoms. The fourth-order valence-corrected chi connectivity index (χ4v) is 1.75. The van der Waals surface area contributed by atoms with Crippen LogP contribution < -0.4 is 5.32 Å². The van der Waals surface area contributed by atoms with E-state index in [0.717, 1.165) is 12.1 Å². The molecule has 20 heavy (non-hydrogen) atoms. The molecule has 0 radical (unpaired) electrons. The van der Waals surface area contributed by atoms with Gasteiger partial charge in [0.25, 0.3) is 0 Å². The summed E-state index contributed by atoms with van der Waals surface area (Å²) in [6.45, 7) is 0.969. The Labute approximate surface area is 113 Å². The number of rotatable bonds is 6. The van der Waals surface area contributed by atoms with Crippen LogP contribution in [0.4, 0.5) is 14.5 Å². The average Bonchev–Trinajstić information content (AvgIpc) is 2.89. The molecule has 7 heteroatoms. The lowest BCUT2D eigenvalue weighted by atomic mass is 10.2. The smallest absolute Gasteiger partial charge is 0.335 e. The third-order valence-corrected chi connectivity index (χ3v) is 2.71. The molecule has 0 saturated carbocycles. The lowest BCUT2D eigenvalue weighted by Gasteiger charge is -2.09. The molecule has 106 valence electrons. The largest absolute Gasteiger partial charge is 0.478 e. The number of aryl methyl sites for hydroxylation is 1. The van der Waals surface area contributed by atoms with Gasteiger partial charge in [-0.3, -0.25) is 4.68 Å². The van der Waals surface area contributed by atoms with Gasteiger partial charge in [-0.1, -0.05) is 0 Å². The van der Waals surface area contributed by atoms with E-state index < -0.39 is 23.2 Å². The van der Waals surface area contributed by atoms with Crippen molar-refractivity contribution < 1.29 is 18.7 Å². The van der Waals surface area contributed by atoms with Crippen molar-refractivity contribution in [3.63, 3.8) is 0 Å². The van der Waals surface area contributed by atoms with Gasteiger partial charge in [-0.2, -0.15) is 5.10 Å². The molecular weight excluding hydrogens is 268 g/mol. The summed E-state index contributed by atoms with van der Waals surface area (Å²) in [5.41, 5.74) is -0.724. The number of benzene rings is 1. The minimum atomic E-state index is -1.37. The first-order valence-corrected chi connectivity index (χ1v) is 6.01. The van der Waals surface area contributed by atoms with E-state index in [9.17, 15) is 13.6 Å². The van der Waals surface area contributed by atoms with Crippen LogP contribution in [0.15, 0.2) is 30.6 Å². The van der Waals surface area contributed by atoms with Crippen LogP contribution in [0.3, 0.4) is 0 Å². The molecule has 2 rings (SSSR count). The van der Waals surface area contributed by atoms with Crippen LogP contribution >= 0.6 is 0 Å². The van der Waals surface area contributed by atoms with E-state index in [-0.39, 0.29) is 5.69 Å². The molecule has 5 nitrogen and oxygen atoms in total. The maximum absolute atomic E-state index is 13.6. The lowest BCUT2D eigenvalue weighted by Crippen LogP contribution is -2.10. The third-order valence-electron chi connectivity index (χ3n) is 2.71. The Morgan fingerprint density at radius 1 is 1.35 bits per heavy atom. The van der Waals surface area contributed by atoms with E-state index in [1.54, 1.807) is 23.1 Å². The molecule has 0 aliphatic rings. The van der Waals surface area contributed by atoms with Crippen molar-refractivity contribution in [1.82, 2.24) is 9.78 Å². The Hall–Kier alpha value is -2.44. The summed E-state index contributed by atoms with van der Waals surface area (Å²) < 4.78 is 28.9. The van der Waals surface area contributed by atoms with E-state index in [4.69, 9.17) is 5.11 Å². The fraction of sp³-hybridized carbons (Fsp3) is 0.231. The van der Waals surface area contributed by atoms with Gasteiger partial charge in [-0.15, -0.1) is 0 Å². The highest BCUT2D eigenvalue weighted by atomic mass is 19.1. The number of anilines is 1. The number of hydrogen-bond acceptors (Lipinski definition) is 3. The first kappa shape index (κ1) is 14.0. The van der Waals surface area contributed by atoms with Gasteiger partial charge < -0.3 is 10.4 Å². The average molecular weight is 281 g/mol. The fourth-order valence-electron chi connectivity index (χ4n) is 1.75. The Bertz CT molecular complexity index is 577. The number of halogens is 2. The lowest BCUT2D eigenvalue weighted by molar-refractivity contribution is 0.0696. The van der Waals surface area contributed by atoms with Crippen LogP contribution in [0.1, 0.15) is 16.8 Å². The van der Waals surface area contributed by atoms with Gasteiger partial charge in [-0.25, -0.2) is 13.6 Å². The van der Waals surface area contributed by atoms with E-state index >= 15 is 0 Å². The first-order valence-electron chi connectivity index (χ1n) is 6.01. The normalized spacial score (nSPS) is 10.5. The van der Waals surface area contributed by atoms with Gasteiger partial charge in [0, 0.05) is 25.5 Å². The van der Waals surface area contributed by atoms with Crippen molar-refractivity contribution in [2.45, 2.75) is 13.0 Å². The second-order valence-corrected chi connectivity index (χ2v) is 4.17. The SMILES string of the molecule is O=C(O)c1cc(F)c(NCCCn2cccn2)c(F)c1. The number of carboxylic acids is 1. The monoisotopic (exact) mass is 281 g/mol. The maximum Gasteiger partial charge on any atom is 0.335 e. The minimum absolute atomic E-state index is 0.310. The molecule has 1 aromatic heterocycles. The van der Waals surface area contributed by atoms with Crippen LogP contribution in [0.2, 0.25) is 0 Å². The Morgan fingerprint density at radius 2 is 2.05 bits per heavy atom. The predicted molar refractivity (Wildman–Crippen MR) is 68.7 cm³/mol. The molecule has 0 aliphatic carbocycles. The van der Waals surface area contributed by atoms with Crippen LogP contribution in [-0.2, 0) is 6.54 Å². The summed E-state index contributed by atoms with van der Waals surface area (Å²) in [7, 11) is 0. The number of aromatic nitrogens is 2. The third kappa shape index (κ3) is 3.31. The quantitative estimate of drug-likeness (QED) is 0.798. The van der Waals surface area contributed by atoms with Crippen LogP contribution in [-0.4, -0.2) is 27.4 Å². The molecule has 0 atom stereocenters. The molecule has 0 aliphatic heterocycles. The molecule has 0 amide bonds. The zero-order valence-corrected chi connectivity index (χ0v) is 10.5. The highest BCUT2D eigenvalue weighted by molar-refractivity contribution is 5.88. The van der Waals surface area contributed by atoms with E-state index in [1.165, 1.54) is 0 Å². The zero-order valence-electron chi connectivity index (χ0n) is 10.5. The topological polar surface area (TPSA) is 67.2 Å². The molecular formula is C13H13F2N3O2. The summed E-state index contributed by atoms with van der Waals surface area (Å²) in [4.78, 5) is 10.6. The zero-order chi connectivity index (χ0) is 14.5. The van der Waals surface area contributed by atoms with Gasteiger partial charge >= 0.3 is 5.97 Å². The number of aromatic carboxylic acids is 1. The summed E-state index contributed by atoms with van der Waals surface area (Å²) >= 11 is 0. The number of nitrogens with zero attached hydrogens (tertiary/aromatic N) is 2. The molecule has 0 unspecified atom stereocenters. The van der Waals surface area contributed by atoms with Crippen LogP contribution in [0.5, 0.6) is 0 Å². The number of nitrogens with one attached hydrogen (secondary N) is 1. The molecule has 2 aromatic rings. The van der Waals surface area contributed by atoms with Crippen molar-refractivity contribution in [2.24, 2.45) is 0 Å². The minimum Gasteiger partial charge on any atom is -0.478 e. The highest BCUT2D eigenvalue weighted by Crippen LogP contribution is 2.20. The highest BCUT2D eigenvalue weighted by Gasteiger charge is 2.14. The van der Waals surface area contributed by atoms with Gasteiger partial charge in [-0.05, 0) is 24.6 Å². The Balaban J connectivity index is 1.94. The Kier molecular flexibility index (Phi) is 4.29. The van der Waals surface area contributed by atoms with Crippen LogP contribution in [0.25, 0.3) is 0 Å². The standard InChI is InChI=1S/C13H13F2N3O2/c14-10-7-9(13(19)20)8-11(15)12(10)16-3-1-5-18-6-2-4-17-18/h2,4,6-8,16H,1,3,5H2,(H,19,20). The van der Waals surface area contributed by atoms with Crippen LogP contribution in [0, 0.1) is 11.6 Å². The summed E-state index contributed by atoms with van der Waals surface area (Å²) in [5.74, 6) is -3.20. The number of carboxylic acid groups (broad SMARTS) is 1. The molecule has 1 aromatic carbocycles.